The van der Waals surface area contributed by atoms with Gasteiger partial charge in [0.05, 0.1) is 6.54 Å². The molecule has 1 unspecified atom stereocenters. The molecule has 0 aromatic carbocycles. The molecule has 6 nitrogen and oxygen atoms in total. The van der Waals surface area contributed by atoms with Crippen LogP contribution in [-0.4, -0.2) is 55.7 Å². The summed E-state index contributed by atoms with van der Waals surface area (Å²) in [5.41, 5.74) is 1.34. The quantitative estimate of drug-likeness (QED) is 0.826. The molecule has 4 rings (SSSR count). The Bertz CT molecular complexity index is 692. The number of pyridine rings is 1. The minimum atomic E-state index is 0.484. The summed E-state index contributed by atoms with van der Waals surface area (Å²) in [6.07, 6.45) is 10.2. The second kappa shape index (κ2) is 8.27. The van der Waals surface area contributed by atoms with Gasteiger partial charge in [-0.25, -0.2) is 0 Å². The average molecular weight is 355 g/mol. The zero-order valence-corrected chi connectivity index (χ0v) is 15.8. The van der Waals surface area contributed by atoms with E-state index in [0.717, 1.165) is 37.8 Å². The van der Waals surface area contributed by atoms with Crippen molar-refractivity contribution in [3.05, 3.63) is 41.7 Å². The van der Waals surface area contributed by atoms with E-state index in [4.69, 9.17) is 0 Å². The molecule has 2 saturated heterocycles. The van der Waals surface area contributed by atoms with Crippen molar-refractivity contribution in [3.8, 4) is 0 Å². The Morgan fingerprint density at radius 3 is 2.50 bits per heavy atom. The van der Waals surface area contributed by atoms with Gasteiger partial charge in [0.1, 0.15) is 11.6 Å². The largest absolute Gasteiger partial charge is 0.317 e. The number of aromatic nitrogens is 4. The first-order valence-corrected chi connectivity index (χ1v) is 10.0. The highest BCUT2D eigenvalue weighted by Gasteiger charge is 2.26. The molecule has 26 heavy (non-hydrogen) atoms. The minimum Gasteiger partial charge on any atom is -0.317 e. The van der Waals surface area contributed by atoms with Crippen molar-refractivity contribution in [1.82, 2.24) is 29.5 Å². The maximum atomic E-state index is 4.60. The SMILES string of the molecule is Cn1c(CN2CCCCC2)nnc1C1CCCN(Cc2ccncc2)C1. The van der Waals surface area contributed by atoms with E-state index < -0.39 is 0 Å². The molecular weight excluding hydrogens is 324 g/mol. The van der Waals surface area contributed by atoms with Crippen molar-refractivity contribution in [1.29, 1.82) is 0 Å². The summed E-state index contributed by atoms with van der Waals surface area (Å²) in [7, 11) is 2.15. The lowest BCUT2D eigenvalue weighted by Crippen LogP contribution is -2.35. The highest BCUT2D eigenvalue weighted by atomic mass is 15.3. The third-order valence-electron chi connectivity index (χ3n) is 5.84. The standard InChI is InChI=1S/C20H30N6/c1-24-19(16-25-11-3-2-4-12-25)22-23-20(24)18-6-5-13-26(15-18)14-17-7-9-21-10-8-17/h7-10,18H,2-6,11-16H2,1H3. The van der Waals surface area contributed by atoms with Crippen LogP contribution in [0.4, 0.5) is 0 Å². The molecule has 0 spiro atoms. The van der Waals surface area contributed by atoms with Crippen molar-refractivity contribution >= 4 is 0 Å². The first-order valence-electron chi connectivity index (χ1n) is 10.0. The van der Waals surface area contributed by atoms with Gasteiger partial charge in [-0.15, -0.1) is 10.2 Å². The molecule has 2 fully saturated rings. The van der Waals surface area contributed by atoms with Crippen LogP contribution >= 0.6 is 0 Å². The first kappa shape index (κ1) is 17.6. The molecule has 0 N–H and O–H groups in total. The van der Waals surface area contributed by atoms with E-state index in [1.807, 2.05) is 12.4 Å². The van der Waals surface area contributed by atoms with E-state index in [9.17, 15) is 0 Å². The van der Waals surface area contributed by atoms with E-state index in [1.54, 1.807) is 0 Å². The van der Waals surface area contributed by atoms with Gasteiger partial charge in [0, 0.05) is 38.4 Å². The van der Waals surface area contributed by atoms with Crippen LogP contribution in [0.25, 0.3) is 0 Å². The maximum Gasteiger partial charge on any atom is 0.146 e. The average Bonchev–Trinajstić information content (AvgIpc) is 3.04. The van der Waals surface area contributed by atoms with Crippen molar-refractivity contribution in [2.45, 2.75) is 51.1 Å². The van der Waals surface area contributed by atoms with Gasteiger partial charge < -0.3 is 4.57 Å². The van der Waals surface area contributed by atoms with Crippen molar-refractivity contribution in [2.75, 3.05) is 26.2 Å². The molecule has 0 amide bonds. The Kier molecular flexibility index (Phi) is 5.60. The van der Waals surface area contributed by atoms with Gasteiger partial charge in [-0.1, -0.05) is 6.42 Å². The Morgan fingerprint density at radius 2 is 1.69 bits per heavy atom. The van der Waals surface area contributed by atoms with Crippen LogP contribution in [0.2, 0.25) is 0 Å². The molecule has 0 radical (unpaired) electrons. The van der Waals surface area contributed by atoms with Gasteiger partial charge in [0.2, 0.25) is 0 Å². The first-order chi connectivity index (χ1) is 12.8. The van der Waals surface area contributed by atoms with Crippen LogP contribution in [0.1, 0.15) is 55.2 Å². The molecule has 0 bridgehead atoms. The molecule has 2 aliphatic rings. The van der Waals surface area contributed by atoms with Gasteiger partial charge >= 0.3 is 0 Å². The summed E-state index contributed by atoms with van der Waals surface area (Å²) in [5.74, 6) is 2.77. The zero-order chi connectivity index (χ0) is 17.8. The number of hydrogen-bond donors (Lipinski definition) is 0. The van der Waals surface area contributed by atoms with Crippen LogP contribution in [0.3, 0.4) is 0 Å². The van der Waals surface area contributed by atoms with E-state index >= 15 is 0 Å². The number of rotatable bonds is 5. The third kappa shape index (κ3) is 4.13. The lowest BCUT2D eigenvalue weighted by Gasteiger charge is -2.32. The lowest BCUT2D eigenvalue weighted by atomic mass is 9.96. The Morgan fingerprint density at radius 1 is 0.923 bits per heavy atom. The number of hydrogen-bond acceptors (Lipinski definition) is 5. The maximum absolute atomic E-state index is 4.60. The lowest BCUT2D eigenvalue weighted by molar-refractivity contribution is 0.194. The molecule has 2 aromatic rings. The molecular formula is C20H30N6. The molecule has 2 aromatic heterocycles. The molecule has 1 atom stereocenters. The molecule has 0 saturated carbocycles. The second-order valence-electron chi connectivity index (χ2n) is 7.80. The Hall–Kier alpha value is -1.79. The number of nitrogens with zero attached hydrogens (tertiary/aromatic N) is 6. The summed E-state index contributed by atoms with van der Waals surface area (Å²) in [6.45, 7) is 6.57. The monoisotopic (exact) mass is 354 g/mol. The van der Waals surface area contributed by atoms with Crippen molar-refractivity contribution < 1.29 is 0 Å². The van der Waals surface area contributed by atoms with Crippen molar-refractivity contribution in [3.63, 3.8) is 0 Å². The van der Waals surface area contributed by atoms with Gasteiger partial charge in [0.15, 0.2) is 0 Å². The topological polar surface area (TPSA) is 50.1 Å². The molecule has 140 valence electrons. The predicted molar refractivity (Wildman–Crippen MR) is 102 cm³/mol. The highest BCUT2D eigenvalue weighted by molar-refractivity contribution is 5.10. The van der Waals surface area contributed by atoms with Gasteiger partial charge in [-0.3, -0.25) is 14.8 Å². The van der Waals surface area contributed by atoms with Crippen LogP contribution in [-0.2, 0) is 20.1 Å². The van der Waals surface area contributed by atoms with E-state index in [2.05, 4.69) is 48.7 Å². The number of likely N-dealkylation sites (tertiary alicyclic amines) is 2. The smallest absolute Gasteiger partial charge is 0.146 e. The fourth-order valence-corrected chi connectivity index (χ4v) is 4.34. The van der Waals surface area contributed by atoms with Crippen LogP contribution in [0, 0.1) is 0 Å². The van der Waals surface area contributed by atoms with Crippen LogP contribution < -0.4 is 0 Å². The fraction of sp³-hybridized carbons (Fsp3) is 0.650. The zero-order valence-electron chi connectivity index (χ0n) is 15.8. The van der Waals surface area contributed by atoms with E-state index in [1.165, 1.54) is 50.8 Å². The summed E-state index contributed by atoms with van der Waals surface area (Å²) in [5, 5.41) is 9.13. The van der Waals surface area contributed by atoms with E-state index in [-0.39, 0.29) is 0 Å². The summed E-state index contributed by atoms with van der Waals surface area (Å²) < 4.78 is 2.26. The normalized spacial score (nSPS) is 22.6. The van der Waals surface area contributed by atoms with Gasteiger partial charge in [-0.05, 0) is 63.0 Å². The minimum absolute atomic E-state index is 0.484. The molecule has 6 heteroatoms. The summed E-state index contributed by atoms with van der Waals surface area (Å²) in [4.78, 5) is 9.19. The predicted octanol–water partition coefficient (Wildman–Crippen LogP) is 2.58. The van der Waals surface area contributed by atoms with Gasteiger partial charge in [0.25, 0.3) is 0 Å². The fourth-order valence-electron chi connectivity index (χ4n) is 4.34. The van der Waals surface area contributed by atoms with E-state index in [0.29, 0.717) is 5.92 Å². The second-order valence-corrected chi connectivity index (χ2v) is 7.80. The van der Waals surface area contributed by atoms with Gasteiger partial charge in [-0.2, -0.15) is 0 Å². The summed E-state index contributed by atoms with van der Waals surface area (Å²) >= 11 is 0. The van der Waals surface area contributed by atoms with Crippen LogP contribution in [0.15, 0.2) is 24.5 Å². The summed E-state index contributed by atoms with van der Waals surface area (Å²) in [6, 6.07) is 4.23. The van der Waals surface area contributed by atoms with Crippen molar-refractivity contribution in [2.24, 2.45) is 7.05 Å². The molecule has 0 aliphatic carbocycles. The molecule has 4 heterocycles. The third-order valence-corrected chi connectivity index (χ3v) is 5.84. The number of piperidine rings is 2. The molecule has 2 aliphatic heterocycles. The Labute approximate surface area is 156 Å². The Balaban J connectivity index is 1.40. The highest BCUT2D eigenvalue weighted by Crippen LogP contribution is 2.27. The van der Waals surface area contributed by atoms with Crippen LogP contribution in [0.5, 0.6) is 0 Å².